The number of ether oxygens (including phenoxy) is 1. The van der Waals surface area contributed by atoms with Gasteiger partial charge < -0.3 is 10.1 Å². The van der Waals surface area contributed by atoms with E-state index in [-0.39, 0.29) is 5.91 Å². The van der Waals surface area contributed by atoms with Gasteiger partial charge in [-0.15, -0.1) is 0 Å². The number of hydrogen-bond acceptors (Lipinski definition) is 3. The van der Waals surface area contributed by atoms with Gasteiger partial charge in [-0.1, -0.05) is 54.6 Å². The van der Waals surface area contributed by atoms with Gasteiger partial charge in [0.25, 0.3) is 0 Å². The average molecular weight is 381 g/mol. The first-order chi connectivity index (χ1) is 13.6. The van der Waals surface area contributed by atoms with Gasteiger partial charge in [-0.2, -0.15) is 0 Å². The highest BCUT2D eigenvalue weighted by atomic mass is 16.5. The SMILES string of the molecule is C[C@H]1CN(Cc2ccc(CNC(=O)CCCc3ccccc3)cc2)C[C@H](C)O1. The van der Waals surface area contributed by atoms with E-state index in [4.69, 9.17) is 4.74 Å². The molecule has 1 N–H and O–H groups in total. The summed E-state index contributed by atoms with van der Waals surface area (Å²) in [6, 6.07) is 18.9. The van der Waals surface area contributed by atoms with E-state index in [9.17, 15) is 4.79 Å². The standard InChI is InChI=1S/C24H32N2O2/c1-19-16-26(17-20(2)28-19)18-23-13-11-22(12-14-23)15-25-24(27)10-6-9-21-7-4-3-5-8-21/h3-5,7-8,11-14,19-20H,6,9-10,15-18H2,1-2H3,(H,25,27)/t19-,20-/m0/s1. The van der Waals surface area contributed by atoms with Gasteiger partial charge in [-0.25, -0.2) is 0 Å². The number of amides is 1. The van der Waals surface area contributed by atoms with Crippen LogP contribution in [-0.4, -0.2) is 36.1 Å². The van der Waals surface area contributed by atoms with Crippen molar-refractivity contribution in [1.82, 2.24) is 10.2 Å². The summed E-state index contributed by atoms with van der Waals surface area (Å²) < 4.78 is 5.80. The van der Waals surface area contributed by atoms with Crippen molar-refractivity contribution in [3.63, 3.8) is 0 Å². The fourth-order valence-electron chi connectivity index (χ4n) is 3.82. The minimum Gasteiger partial charge on any atom is -0.373 e. The Morgan fingerprint density at radius 1 is 0.964 bits per heavy atom. The lowest BCUT2D eigenvalue weighted by Gasteiger charge is -2.35. The Morgan fingerprint density at radius 2 is 1.61 bits per heavy atom. The summed E-state index contributed by atoms with van der Waals surface area (Å²) >= 11 is 0. The molecule has 0 aliphatic carbocycles. The van der Waals surface area contributed by atoms with Crippen LogP contribution in [-0.2, 0) is 29.0 Å². The maximum Gasteiger partial charge on any atom is 0.220 e. The smallest absolute Gasteiger partial charge is 0.220 e. The van der Waals surface area contributed by atoms with Gasteiger partial charge in [0.1, 0.15) is 0 Å². The van der Waals surface area contributed by atoms with Crippen molar-refractivity contribution < 1.29 is 9.53 Å². The molecule has 0 saturated carbocycles. The molecule has 150 valence electrons. The molecule has 2 aromatic rings. The number of morpholine rings is 1. The lowest BCUT2D eigenvalue weighted by Crippen LogP contribution is -2.44. The summed E-state index contributed by atoms with van der Waals surface area (Å²) in [5.41, 5.74) is 3.73. The van der Waals surface area contributed by atoms with Gasteiger partial charge in [0, 0.05) is 32.6 Å². The molecule has 1 aliphatic heterocycles. The largest absolute Gasteiger partial charge is 0.373 e. The zero-order valence-electron chi connectivity index (χ0n) is 17.1. The Hall–Kier alpha value is -2.17. The predicted molar refractivity (Wildman–Crippen MR) is 113 cm³/mol. The van der Waals surface area contributed by atoms with Crippen LogP contribution in [0.5, 0.6) is 0 Å². The minimum atomic E-state index is 0.122. The Bertz CT molecular complexity index is 720. The van der Waals surface area contributed by atoms with Crippen LogP contribution in [0.4, 0.5) is 0 Å². The highest BCUT2D eigenvalue weighted by Crippen LogP contribution is 2.15. The summed E-state index contributed by atoms with van der Waals surface area (Å²) in [6.45, 7) is 7.76. The van der Waals surface area contributed by atoms with Crippen LogP contribution >= 0.6 is 0 Å². The second-order valence-corrected chi connectivity index (χ2v) is 7.88. The van der Waals surface area contributed by atoms with Crippen molar-refractivity contribution in [2.75, 3.05) is 13.1 Å². The van der Waals surface area contributed by atoms with Gasteiger partial charge >= 0.3 is 0 Å². The van der Waals surface area contributed by atoms with E-state index in [0.29, 0.717) is 25.2 Å². The van der Waals surface area contributed by atoms with Gasteiger partial charge in [-0.05, 0) is 43.4 Å². The third kappa shape index (κ3) is 6.77. The van der Waals surface area contributed by atoms with Crippen molar-refractivity contribution in [2.45, 2.75) is 58.4 Å². The lowest BCUT2D eigenvalue weighted by atomic mass is 10.1. The molecule has 4 nitrogen and oxygen atoms in total. The van der Waals surface area contributed by atoms with Gasteiger partial charge in [-0.3, -0.25) is 9.69 Å². The first-order valence-corrected chi connectivity index (χ1v) is 10.3. The quantitative estimate of drug-likeness (QED) is 0.754. The van der Waals surface area contributed by atoms with E-state index in [1.807, 2.05) is 18.2 Å². The van der Waals surface area contributed by atoms with Crippen LogP contribution < -0.4 is 5.32 Å². The summed E-state index contributed by atoms with van der Waals surface area (Å²) in [5.74, 6) is 0.122. The molecule has 2 atom stereocenters. The van der Waals surface area contributed by atoms with Gasteiger partial charge in [0.05, 0.1) is 12.2 Å². The number of carbonyl (C=O) groups is 1. The number of hydrogen-bond donors (Lipinski definition) is 1. The van der Waals surface area contributed by atoms with Crippen LogP contribution in [0.25, 0.3) is 0 Å². The first kappa shape index (κ1) is 20.6. The fraction of sp³-hybridized carbons (Fsp3) is 0.458. The van der Waals surface area contributed by atoms with Crippen LogP contribution in [0.1, 0.15) is 43.4 Å². The maximum absolute atomic E-state index is 12.1. The third-order valence-corrected chi connectivity index (χ3v) is 5.13. The van der Waals surface area contributed by atoms with Crippen molar-refractivity contribution in [2.24, 2.45) is 0 Å². The van der Waals surface area contributed by atoms with E-state index in [2.05, 4.69) is 60.5 Å². The van der Waals surface area contributed by atoms with Crippen molar-refractivity contribution in [1.29, 1.82) is 0 Å². The Morgan fingerprint density at radius 3 is 2.29 bits per heavy atom. The summed E-state index contributed by atoms with van der Waals surface area (Å²) in [7, 11) is 0. The Kier molecular flexibility index (Phi) is 7.63. The molecule has 1 aliphatic rings. The maximum atomic E-state index is 12.1. The molecule has 0 aromatic heterocycles. The number of benzene rings is 2. The summed E-state index contributed by atoms with van der Waals surface area (Å²) in [4.78, 5) is 14.5. The molecule has 4 heteroatoms. The molecule has 0 unspecified atom stereocenters. The van der Waals surface area contributed by atoms with Crippen molar-refractivity contribution in [3.05, 3.63) is 71.3 Å². The number of aryl methyl sites for hydroxylation is 1. The van der Waals surface area contributed by atoms with E-state index in [1.54, 1.807) is 0 Å². The molecule has 2 aromatic carbocycles. The zero-order valence-corrected chi connectivity index (χ0v) is 17.1. The van der Waals surface area contributed by atoms with Crippen molar-refractivity contribution in [3.8, 4) is 0 Å². The van der Waals surface area contributed by atoms with Gasteiger partial charge in [0.15, 0.2) is 0 Å². The first-order valence-electron chi connectivity index (χ1n) is 10.3. The second kappa shape index (κ2) is 10.4. The van der Waals surface area contributed by atoms with Crippen LogP contribution in [0, 0.1) is 0 Å². The third-order valence-electron chi connectivity index (χ3n) is 5.13. The number of carbonyl (C=O) groups excluding carboxylic acids is 1. The molecule has 1 amide bonds. The molecule has 1 saturated heterocycles. The highest BCUT2D eigenvalue weighted by Gasteiger charge is 2.21. The normalized spacial score (nSPS) is 20.1. The van der Waals surface area contributed by atoms with E-state index < -0.39 is 0 Å². The molecule has 1 heterocycles. The molecule has 3 rings (SSSR count). The molecular formula is C24H32N2O2. The molecule has 0 spiro atoms. The average Bonchev–Trinajstić information content (AvgIpc) is 2.67. The monoisotopic (exact) mass is 380 g/mol. The van der Waals surface area contributed by atoms with Crippen LogP contribution in [0.15, 0.2) is 54.6 Å². The highest BCUT2D eigenvalue weighted by molar-refractivity contribution is 5.75. The molecule has 0 bridgehead atoms. The van der Waals surface area contributed by atoms with Crippen LogP contribution in [0.2, 0.25) is 0 Å². The van der Waals surface area contributed by atoms with Crippen molar-refractivity contribution >= 4 is 5.91 Å². The molecule has 28 heavy (non-hydrogen) atoms. The van der Waals surface area contributed by atoms with E-state index in [1.165, 1.54) is 11.1 Å². The Balaban J connectivity index is 1.37. The van der Waals surface area contributed by atoms with E-state index >= 15 is 0 Å². The second-order valence-electron chi connectivity index (χ2n) is 7.88. The zero-order chi connectivity index (χ0) is 19.8. The van der Waals surface area contributed by atoms with Gasteiger partial charge in [0.2, 0.25) is 5.91 Å². The number of nitrogens with one attached hydrogen (secondary N) is 1. The number of nitrogens with zero attached hydrogens (tertiary/aromatic N) is 1. The molecule has 0 radical (unpaired) electrons. The van der Waals surface area contributed by atoms with Crippen LogP contribution in [0.3, 0.4) is 0 Å². The van der Waals surface area contributed by atoms with E-state index in [0.717, 1.165) is 38.0 Å². The number of rotatable bonds is 8. The Labute approximate surface area is 168 Å². The molecule has 1 fully saturated rings. The minimum absolute atomic E-state index is 0.122. The fourth-order valence-corrected chi connectivity index (χ4v) is 3.82. The lowest BCUT2D eigenvalue weighted by molar-refractivity contribution is -0.121. The summed E-state index contributed by atoms with van der Waals surface area (Å²) in [5, 5.41) is 3.03. The topological polar surface area (TPSA) is 41.6 Å². The molecular weight excluding hydrogens is 348 g/mol. The predicted octanol–water partition coefficient (Wildman–Crippen LogP) is 3.93. The summed E-state index contributed by atoms with van der Waals surface area (Å²) in [6.07, 6.45) is 2.98.